The lowest BCUT2D eigenvalue weighted by Gasteiger charge is -2.36. The van der Waals surface area contributed by atoms with Crippen LogP contribution in [0, 0.1) is 11.8 Å². The fourth-order valence-corrected chi connectivity index (χ4v) is 4.31. The molecule has 2 aliphatic heterocycles. The molecule has 2 aliphatic rings. The van der Waals surface area contributed by atoms with Crippen molar-refractivity contribution >= 4 is 17.6 Å². The minimum Gasteiger partial charge on any atom is -0.353 e. The number of hydrogen-bond donors (Lipinski definition) is 0. The molecular formula is C23H36N4O2. The van der Waals surface area contributed by atoms with Crippen molar-refractivity contribution in [3.8, 4) is 0 Å². The molecule has 6 heteroatoms. The van der Waals surface area contributed by atoms with E-state index in [0.717, 1.165) is 70.8 Å². The molecule has 1 aromatic heterocycles. The number of amides is 2. The third-order valence-electron chi connectivity index (χ3n) is 6.18. The van der Waals surface area contributed by atoms with Crippen LogP contribution in [0.4, 0.5) is 5.82 Å². The number of pyridine rings is 1. The zero-order valence-electron chi connectivity index (χ0n) is 18.1. The number of nitrogens with zero attached hydrogens (tertiary/aromatic N) is 4. The van der Waals surface area contributed by atoms with E-state index in [9.17, 15) is 9.59 Å². The summed E-state index contributed by atoms with van der Waals surface area (Å²) in [6, 6.07) is 5.95. The average Bonchev–Trinajstić information content (AvgIpc) is 2.76. The maximum absolute atomic E-state index is 12.7. The summed E-state index contributed by atoms with van der Waals surface area (Å²) >= 11 is 0. The van der Waals surface area contributed by atoms with Gasteiger partial charge in [0.2, 0.25) is 11.8 Å². The lowest BCUT2D eigenvalue weighted by molar-refractivity contribution is -0.133. The molecule has 0 aliphatic carbocycles. The molecule has 0 N–H and O–H groups in total. The van der Waals surface area contributed by atoms with Gasteiger partial charge in [0.25, 0.3) is 0 Å². The van der Waals surface area contributed by atoms with E-state index in [1.54, 1.807) is 0 Å². The summed E-state index contributed by atoms with van der Waals surface area (Å²) in [7, 11) is 0. The molecule has 2 fully saturated rings. The van der Waals surface area contributed by atoms with Gasteiger partial charge >= 0.3 is 0 Å². The summed E-state index contributed by atoms with van der Waals surface area (Å²) in [4.78, 5) is 35.8. The van der Waals surface area contributed by atoms with Gasteiger partial charge in [-0.1, -0.05) is 19.9 Å². The summed E-state index contributed by atoms with van der Waals surface area (Å²) in [5.74, 6) is 2.57. The minimum atomic E-state index is 0.258. The second-order valence-corrected chi connectivity index (χ2v) is 8.87. The number of piperidine rings is 1. The van der Waals surface area contributed by atoms with Crippen LogP contribution in [0.15, 0.2) is 24.4 Å². The highest BCUT2D eigenvalue weighted by molar-refractivity contribution is 5.77. The summed E-state index contributed by atoms with van der Waals surface area (Å²) < 4.78 is 0. The van der Waals surface area contributed by atoms with Crippen LogP contribution in [0.2, 0.25) is 0 Å². The quantitative estimate of drug-likeness (QED) is 0.705. The second-order valence-electron chi connectivity index (χ2n) is 8.87. The topological polar surface area (TPSA) is 56.8 Å². The van der Waals surface area contributed by atoms with E-state index in [1.807, 2.05) is 34.2 Å². The Kier molecular flexibility index (Phi) is 7.90. The lowest BCUT2D eigenvalue weighted by Crippen LogP contribution is -2.49. The number of anilines is 1. The van der Waals surface area contributed by atoms with Gasteiger partial charge in [0, 0.05) is 58.3 Å². The smallest absolute Gasteiger partial charge is 0.222 e. The van der Waals surface area contributed by atoms with E-state index in [2.05, 4.69) is 23.7 Å². The van der Waals surface area contributed by atoms with Gasteiger partial charge in [-0.05, 0) is 49.7 Å². The molecule has 0 aromatic carbocycles. The van der Waals surface area contributed by atoms with E-state index in [0.29, 0.717) is 30.6 Å². The number of carbonyl (C=O) groups excluding carboxylic acids is 2. The molecule has 3 heterocycles. The van der Waals surface area contributed by atoms with Crippen molar-refractivity contribution in [2.45, 2.75) is 52.4 Å². The molecule has 1 aromatic rings. The third kappa shape index (κ3) is 6.44. The van der Waals surface area contributed by atoms with E-state index < -0.39 is 0 Å². The molecule has 0 radical (unpaired) electrons. The maximum atomic E-state index is 12.7. The number of hydrogen-bond acceptors (Lipinski definition) is 4. The van der Waals surface area contributed by atoms with Crippen molar-refractivity contribution in [2.75, 3.05) is 44.2 Å². The Hall–Kier alpha value is -2.11. The third-order valence-corrected chi connectivity index (χ3v) is 6.18. The summed E-state index contributed by atoms with van der Waals surface area (Å²) in [5.41, 5.74) is 0. The molecule has 1 unspecified atom stereocenters. The normalized spacial score (nSPS) is 20.2. The standard InChI is InChI=1S/C23H36N4O2/c1-19(2)8-10-23(29)27-13-5-6-20(18-27)9-11-22(28)26-16-14-25(15-17-26)21-7-3-4-12-24-21/h3-4,7,12,19-20H,5-6,8-11,13-18H2,1-2H3. The van der Waals surface area contributed by atoms with Crippen LogP contribution in [0.25, 0.3) is 0 Å². The van der Waals surface area contributed by atoms with Crippen LogP contribution in [0.5, 0.6) is 0 Å². The molecule has 0 bridgehead atoms. The number of carbonyl (C=O) groups is 2. The van der Waals surface area contributed by atoms with E-state index >= 15 is 0 Å². The predicted molar refractivity (Wildman–Crippen MR) is 116 cm³/mol. The number of likely N-dealkylation sites (tertiary alicyclic amines) is 1. The Bertz CT molecular complexity index is 656. The van der Waals surface area contributed by atoms with Gasteiger partial charge in [-0.15, -0.1) is 0 Å². The highest BCUT2D eigenvalue weighted by atomic mass is 16.2. The number of piperazine rings is 1. The Labute approximate surface area is 175 Å². The van der Waals surface area contributed by atoms with Crippen molar-refractivity contribution in [1.82, 2.24) is 14.8 Å². The van der Waals surface area contributed by atoms with Crippen molar-refractivity contribution in [3.63, 3.8) is 0 Å². The van der Waals surface area contributed by atoms with Gasteiger partial charge in [0.1, 0.15) is 5.82 Å². The van der Waals surface area contributed by atoms with Gasteiger partial charge in [0.05, 0.1) is 0 Å². The molecule has 29 heavy (non-hydrogen) atoms. The number of rotatable bonds is 7. The van der Waals surface area contributed by atoms with Crippen LogP contribution in [0.3, 0.4) is 0 Å². The highest BCUT2D eigenvalue weighted by Crippen LogP contribution is 2.23. The van der Waals surface area contributed by atoms with Gasteiger partial charge in [-0.2, -0.15) is 0 Å². The van der Waals surface area contributed by atoms with Gasteiger partial charge in [-0.25, -0.2) is 4.98 Å². The molecule has 2 saturated heterocycles. The Balaban J connectivity index is 1.38. The molecule has 3 rings (SSSR count). The van der Waals surface area contributed by atoms with Crippen LogP contribution < -0.4 is 4.90 Å². The van der Waals surface area contributed by atoms with Crippen LogP contribution >= 0.6 is 0 Å². The maximum Gasteiger partial charge on any atom is 0.222 e. The first kappa shape index (κ1) is 21.6. The molecule has 6 nitrogen and oxygen atoms in total. The van der Waals surface area contributed by atoms with E-state index in [1.165, 1.54) is 0 Å². The molecular weight excluding hydrogens is 364 g/mol. The fraction of sp³-hybridized carbons (Fsp3) is 0.696. The Morgan fingerprint density at radius 3 is 2.48 bits per heavy atom. The first-order valence-electron chi connectivity index (χ1n) is 11.2. The second kappa shape index (κ2) is 10.6. The average molecular weight is 401 g/mol. The van der Waals surface area contributed by atoms with Crippen LogP contribution in [-0.4, -0.2) is 65.9 Å². The minimum absolute atomic E-state index is 0.258. The van der Waals surface area contributed by atoms with Crippen molar-refractivity contribution in [3.05, 3.63) is 24.4 Å². The van der Waals surface area contributed by atoms with Crippen LogP contribution in [-0.2, 0) is 9.59 Å². The lowest BCUT2D eigenvalue weighted by atomic mass is 9.92. The first-order chi connectivity index (χ1) is 14.0. The van der Waals surface area contributed by atoms with Crippen molar-refractivity contribution in [1.29, 1.82) is 0 Å². The molecule has 1 atom stereocenters. The van der Waals surface area contributed by atoms with Gasteiger partial charge in [0.15, 0.2) is 0 Å². The summed E-state index contributed by atoms with van der Waals surface area (Å²) in [6.07, 6.45) is 7.12. The monoisotopic (exact) mass is 400 g/mol. The van der Waals surface area contributed by atoms with Gasteiger partial charge in [-0.3, -0.25) is 9.59 Å². The molecule has 2 amide bonds. The van der Waals surface area contributed by atoms with Crippen molar-refractivity contribution < 1.29 is 9.59 Å². The predicted octanol–water partition coefficient (Wildman–Crippen LogP) is 3.19. The Morgan fingerprint density at radius 2 is 1.79 bits per heavy atom. The zero-order valence-corrected chi connectivity index (χ0v) is 18.1. The largest absolute Gasteiger partial charge is 0.353 e. The molecule has 0 spiro atoms. The number of aromatic nitrogens is 1. The highest BCUT2D eigenvalue weighted by Gasteiger charge is 2.26. The fourth-order valence-electron chi connectivity index (χ4n) is 4.31. The van der Waals surface area contributed by atoms with Gasteiger partial charge < -0.3 is 14.7 Å². The van der Waals surface area contributed by atoms with E-state index in [4.69, 9.17) is 0 Å². The Morgan fingerprint density at radius 1 is 1.03 bits per heavy atom. The summed E-state index contributed by atoms with van der Waals surface area (Å²) in [6.45, 7) is 9.24. The summed E-state index contributed by atoms with van der Waals surface area (Å²) in [5, 5.41) is 0. The zero-order chi connectivity index (χ0) is 20.6. The van der Waals surface area contributed by atoms with E-state index in [-0.39, 0.29) is 5.91 Å². The van der Waals surface area contributed by atoms with Crippen molar-refractivity contribution in [2.24, 2.45) is 11.8 Å². The molecule has 160 valence electrons. The molecule has 0 saturated carbocycles. The SMILES string of the molecule is CC(C)CCC(=O)N1CCCC(CCC(=O)N2CCN(c3ccccn3)CC2)C1. The first-order valence-corrected chi connectivity index (χ1v) is 11.2. The van der Waals surface area contributed by atoms with Crippen LogP contribution in [0.1, 0.15) is 52.4 Å².